The fraction of sp³-hybridized carbons (Fsp3) is 0.556. The van der Waals surface area contributed by atoms with Gasteiger partial charge in [-0.1, -0.05) is 26.0 Å². The average Bonchev–Trinajstić information content (AvgIpc) is 3.07. The van der Waals surface area contributed by atoms with Crippen molar-refractivity contribution in [3.05, 3.63) is 29.8 Å². The van der Waals surface area contributed by atoms with Gasteiger partial charge in [-0.3, -0.25) is 9.59 Å². The molecule has 1 aliphatic rings. The minimum Gasteiger partial charge on any atom is -0.481 e. The van der Waals surface area contributed by atoms with Crippen LogP contribution in [0.25, 0.3) is 0 Å². The molecule has 26 heavy (non-hydrogen) atoms. The number of sulfonamides is 1. The Kier molecular flexibility index (Phi) is 6.77. The topological polar surface area (TPSA) is 104 Å². The van der Waals surface area contributed by atoms with Crippen LogP contribution < -0.4 is 5.32 Å². The number of carboxylic acid groups (broad SMARTS) is 1. The zero-order valence-electron chi connectivity index (χ0n) is 15.1. The fourth-order valence-corrected chi connectivity index (χ4v) is 4.85. The van der Waals surface area contributed by atoms with Gasteiger partial charge in [-0.05, 0) is 43.4 Å². The summed E-state index contributed by atoms with van der Waals surface area (Å²) in [6.45, 7) is 3.82. The van der Waals surface area contributed by atoms with Crippen molar-refractivity contribution in [3.63, 3.8) is 0 Å². The van der Waals surface area contributed by atoms with Gasteiger partial charge < -0.3 is 10.4 Å². The monoisotopic (exact) mass is 382 g/mol. The van der Waals surface area contributed by atoms with Gasteiger partial charge in [-0.15, -0.1) is 0 Å². The van der Waals surface area contributed by atoms with E-state index in [0.29, 0.717) is 37.9 Å². The number of anilines is 1. The third kappa shape index (κ3) is 5.04. The van der Waals surface area contributed by atoms with Gasteiger partial charge >= 0.3 is 5.97 Å². The molecule has 7 nitrogen and oxygen atoms in total. The predicted octanol–water partition coefficient (Wildman–Crippen LogP) is 2.09. The maximum atomic E-state index is 12.5. The van der Waals surface area contributed by atoms with Gasteiger partial charge in [-0.25, -0.2) is 8.42 Å². The Hall–Kier alpha value is -1.93. The summed E-state index contributed by atoms with van der Waals surface area (Å²) in [5.74, 6) is -1.61. The van der Waals surface area contributed by atoms with E-state index in [2.05, 4.69) is 5.32 Å². The molecule has 1 saturated heterocycles. The van der Waals surface area contributed by atoms with E-state index in [1.165, 1.54) is 4.31 Å². The molecular weight excluding hydrogens is 356 g/mol. The van der Waals surface area contributed by atoms with Gasteiger partial charge in [0.1, 0.15) is 6.04 Å². The predicted molar refractivity (Wildman–Crippen MR) is 99.4 cm³/mol. The Morgan fingerprint density at radius 2 is 1.96 bits per heavy atom. The van der Waals surface area contributed by atoms with Crippen LogP contribution in [0, 0.1) is 5.92 Å². The van der Waals surface area contributed by atoms with E-state index < -0.39 is 28.0 Å². The summed E-state index contributed by atoms with van der Waals surface area (Å²) < 4.78 is 25.9. The number of carbonyl (C=O) groups excluding carboxylic acids is 1. The molecule has 2 unspecified atom stereocenters. The first kappa shape index (κ1) is 20.4. The van der Waals surface area contributed by atoms with Crippen LogP contribution in [-0.4, -0.2) is 48.0 Å². The van der Waals surface area contributed by atoms with Crippen molar-refractivity contribution in [2.45, 2.75) is 45.6 Å². The molecule has 0 radical (unpaired) electrons. The van der Waals surface area contributed by atoms with E-state index in [0.717, 1.165) is 5.56 Å². The van der Waals surface area contributed by atoms with Crippen LogP contribution in [0.4, 0.5) is 5.69 Å². The second-order valence-electron chi connectivity index (χ2n) is 6.71. The number of carboxylic acids is 1. The van der Waals surface area contributed by atoms with Crippen LogP contribution in [0.3, 0.4) is 0 Å². The van der Waals surface area contributed by atoms with Crippen molar-refractivity contribution in [1.82, 2.24) is 4.31 Å². The second-order valence-corrected chi connectivity index (χ2v) is 8.76. The Morgan fingerprint density at radius 1 is 1.31 bits per heavy atom. The van der Waals surface area contributed by atoms with E-state index in [4.69, 9.17) is 5.11 Å². The molecule has 0 spiro atoms. The van der Waals surface area contributed by atoms with Gasteiger partial charge in [0, 0.05) is 12.2 Å². The number of carbonyl (C=O) groups is 2. The van der Waals surface area contributed by atoms with E-state index >= 15 is 0 Å². The van der Waals surface area contributed by atoms with E-state index in [9.17, 15) is 18.0 Å². The lowest BCUT2D eigenvalue weighted by Gasteiger charge is -2.23. The second kappa shape index (κ2) is 8.64. The quantitative estimate of drug-likeness (QED) is 0.716. The Bertz CT molecular complexity index is 745. The number of hydrogen-bond donors (Lipinski definition) is 2. The molecule has 144 valence electrons. The number of hydrogen-bond acceptors (Lipinski definition) is 4. The summed E-state index contributed by atoms with van der Waals surface area (Å²) in [5.41, 5.74) is 1.44. The zero-order chi connectivity index (χ0) is 19.3. The Morgan fingerprint density at radius 3 is 2.54 bits per heavy atom. The van der Waals surface area contributed by atoms with Crippen LogP contribution in [0.5, 0.6) is 0 Å². The average molecular weight is 382 g/mol. The molecule has 1 amide bonds. The van der Waals surface area contributed by atoms with Crippen molar-refractivity contribution >= 4 is 27.6 Å². The third-order valence-corrected chi connectivity index (χ3v) is 6.59. The molecule has 1 aliphatic heterocycles. The molecule has 0 saturated carbocycles. The van der Waals surface area contributed by atoms with Gasteiger partial charge in [0.2, 0.25) is 15.9 Å². The van der Waals surface area contributed by atoms with Crippen molar-refractivity contribution in [2.75, 3.05) is 17.6 Å². The molecule has 1 fully saturated rings. The highest BCUT2D eigenvalue weighted by Crippen LogP contribution is 2.23. The van der Waals surface area contributed by atoms with E-state index in [-0.39, 0.29) is 11.7 Å². The molecule has 0 aromatic heterocycles. The van der Waals surface area contributed by atoms with Gasteiger partial charge in [0.05, 0.1) is 11.7 Å². The molecule has 2 N–H and O–H groups in total. The van der Waals surface area contributed by atoms with E-state index in [1.54, 1.807) is 38.1 Å². The Balaban J connectivity index is 2.02. The number of rotatable bonds is 8. The third-order valence-electron chi connectivity index (χ3n) is 4.51. The lowest BCUT2D eigenvalue weighted by Crippen LogP contribution is -2.44. The molecule has 0 bridgehead atoms. The smallest absolute Gasteiger partial charge is 0.306 e. The number of benzene rings is 1. The summed E-state index contributed by atoms with van der Waals surface area (Å²) >= 11 is 0. The SMILES string of the molecule is CCCS(=O)(=O)N1CCCC1C(=O)Nc1ccc(CC(C)C(=O)O)cc1. The van der Waals surface area contributed by atoms with Crippen LogP contribution in [-0.2, 0) is 26.0 Å². The highest BCUT2D eigenvalue weighted by molar-refractivity contribution is 7.89. The Labute approximate surface area is 154 Å². The number of nitrogens with zero attached hydrogens (tertiary/aromatic N) is 1. The maximum absolute atomic E-state index is 12.5. The molecule has 2 atom stereocenters. The lowest BCUT2D eigenvalue weighted by atomic mass is 10.0. The van der Waals surface area contributed by atoms with Crippen LogP contribution in [0.2, 0.25) is 0 Å². The normalized spacial score (nSPS) is 19.2. The number of aliphatic carboxylic acids is 1. The minimum absolute atomic E-state index is 0.0488. The molecule has 8 heteroatoms. The highest BCUT2D eigenvalue weighted by atomic mass is 32.2. The first-order valence-electron chi connectivity index (χ1n) is 8.86. The summed E-state index contributed by atoms with van der Waals surface area (Å²) in [7, 11) is -3.41. The standard InChI is InChI=1S/C18H26N2O5S/c1-3-11-26(24,25)20-10-4-5-16(20)17(21)19-15-8-6-14(7-9-15)12-13(2)18(22)23/h6-9,13,16H,3-5,10-12H2,1-2H3,(H,19,21)(H,22,23). The minimum atomic E-state index is -3.41. The molecule has 2 rings (SSSR count). The molecule has 1 aromatic carbocycles. The summed E-state index contributed by atoms with van der Waals surface area (Å²) in [6.07, 6.45) is 2.12. The molecular formula is C18H26N2O5S. The molecule has 1 heterocycles. The van der Waals surface area contributed by atoms with E-state index in [1.807, 2.05) is 0 Å². The van der Waals surface area contributed by atoms with Crippen LogP contribution >= 0.6 is 0 Å². The molecule has 0 aliphatic carbocycles. The van der Waals surface area contributed by atoms with Crippen LogP contribution in [0.1, 0.15) is 38.7 Å². The highest BCUT2D eigenvalue weighted by Gasteiger charge is 2.38. The summed E-state index contributed by atoms with van der Waals surface area (Å²) in [4.78, 5) is 23.4. The van der Waals surface area contributed by atoms with Crippen molar-refractivity contribution in [3.8, 4) is 0 Å². The summed E-state index contributed by atoms with van der Waals surface area (Å²) in [6, 6.07) is 6.30. The lowest BCUT2D eigenvalue weighted by molar-refractivity contribution is -0.141. The van der Waals surface area contributed by atoms with Gasteiger partial charge in [0.15, 0.2) is 0 Å². The van der Waals surface area contributed by atoms with Crippen LogP contribution in [0.15, 0.2) is 24.3 Å². The first-order valence-corrected chi connectivity index (χ1v) is 10.5. The van der Waals surface area contributed by atoms with Gasteiger partial charge in [0.25, 0.3) is 0 Å². The zero-order valence-corrected chi connectivity index (χ0v) is 16.0. The van der Waals surface area contributed by atoms with Crippen molar-refractivity contribution in [1.29, 1.82) is 0 Å². The van der Waals surface area contributed by atoms with Crippen molar-refractivity contribution < 1.29 is 23.1 Å². The number of nitrogens with one attached hydrogen (secondary N) is 1. The molecule has 1 aromatic rings. The fourth-order valence-electron chi connectivity index (χ4n) is 3.10. The van der Waals surface area contributed by atoms with Gasteiger partial charge in [-0.2, -0.15) is 4.31 Å². The maximum Gasteiger partial charge on any atom is 0.306 e. The summed E-state index contributed by atoms with van der Waals surface area (Å²) in [5, 5.41) is 11.7. The number of amides is 1. The first-order chi connectivity index (χ1) is 12.2. The van der Waals surface area contributed by atoms with Crippen molar-refractivity contribution in [2.24, 2.45) is 5.92 Å². The largest absolute Gasteiger partial charge is 0.481 e.